The van der Waals surface area contributed by atoms with Crippen LogP contribution in [0, 0.1) is 23.0 Å². The quantitative estimate of drug-likeness (QED) is 0.780. The van der Waals surface area contributed by atoms with Crippen molar-refractivity contribution in [3.63, 3.8) is 0 Å². The van der Waals surface area contributed by atoms with Crippen molar-refractivity contribution in [2.45, 2.75) is 26.2 Å². The van der Waals surface area contributed by atoms with Gasteiger partial charge in [0.25, 0.3) is 0 Å². The lowest BCUT2D eigenvalue weighted by molar-refractivity contribution is 0.589. The third-order valence-electron chi connectivity index (χ3n) is 3.23. The molecule has 0 bridgehead atoms. The van der Waals surface area contributed by atoms with Crippen LogP contribution in [0.1, 0.15) is 30.9 Å². The predicted molar refractivity (Wildman–Crippen MR) is 75.1 cm³/mol. The van der Waals surface area contributed by atoms with E-state index in [1.54, 1.807) is 18.2 Å². The minimum absolute atomic E-state index is 0.0108. The second-order valence-corrected chi connectivity index (χ2v) is 4.73. The van der Waals surface area contributed by atoms with Crippen LogP contribution in [-0.4, -0.2) is 0 Å². The summed E-state index contributed by atoms with van der Waals surface area (Å²) in [5.74, 6) is -1.41. The lowest BCUT2D eigenvalue weighted by atomic mass is 10.00. The molecule has 0 aliphatic heterocycles. The maximum Gasteiger partial charge on any atom is 0.135 e. The summed E-state index contributed by atoms with van der Waals surface area (Å²) >= 11 is 0. The Morgan fingerprint density at radius 2 is 1.65 bits per heavy atom. The fourth-order valence-corrected chi connectivity index (χ4v) is 2.13. The van der Waals surface area contributed by atoms with Crippen molar-refractivity contribution in [2.75, 3.05) is 0 Å². The van der Waals surface area contributed by atoms with Gasteiger partial charge in [0.1, 0.15) is 11.6 Å². The van der Waals surface area contributed by atoms with E-state index in [4.69, 9.17) is 5.26 Å². The second kappa shape index (κ2) is 6.29. The van der Waals surface area contributed by atoms with Gasteiger partial charge in [-0.25, -0.2) is 8.78 Å². The van der Waals surface area contributed by atoms with Crippen molar-refractivity contribution in [3.05, 3.63) is 59.2 Å². The Balaban J connectivity index is 2.35. The van der Waals surface area contributed by atoms with Gasteiger partial charge in [0, 0.05) is 0 Å². The Morgan fingerprint density at radius 1 is 1.05 bits per heavy atom. The minimum atomic E-state index is -0.706. The molecule has 0 N–H and O–H groups in total. The maximum atomic E-state index is 13.9. The molecule has 2 rings (SSSR count). The molecule has 0 fully saturated rings. The lowest BCUT2D eigenvalue weighted by Crippen LogP contribution is -1.93. The first-order valence-electron chi connectivity index (χ1n) is 6.64. The Labute approximate surface area is 117 Å². The number of benzene rings is 2. The zero-order valence-corrected chi connectivity index (χ0v) is 11.3. The molecule has 0 amide bonds. The van der Waals surface area contributed by atoms with Crippen molar-refractivity contribution in [2.24, 2.45) is 0 Å². The summed E-state index contributed by atoms with van der Waals surface area (Å²) in [5.41, 5.74) is 1.56. The molecule has 0 aliphatic rings. The van der Waals surface area contributed by atoms with Crippen molar-refractivity contribution in [1.29, 1.82) is 5.26 Å². The van der Waals surface area contributed by atoms with Crippen LogP contribution in [0.5, 0.6) is 0 Å². The molecule has 0 unspecified atom stereocenters. The smallest absolute Gasteiger partial charge is 0.135 e. The van der Waals surface area contributed by atoms with E-state index in [0.717, 1.165) is 37.0 Å². The van der Waals surface area contributed by atoms with Gasteiger partial charge in [-0.3, -0.25) is 0 Å². The van der Waals surface area contributed by atoms with E-state index >= 15 is 0 Å². The Hall–Kier alpha value is -2.21. The molecule has 2 aromatic carbocycles. The average Bonchev–Trinajstić information content (AvgIpc) is 2.45. The van der Waals surface area contributed by atoms with E-state index in [1.807, 2.05) is 12.1 Å². The van der Waals surface area contributed by atoms with Crippen molar-refractivity contribution in [3.8, 4) is 17.2 Å². The molecule has 0 aromatic heterocycles. The van der Waals surface area contributed by atoms with E-state index in [-0.39, 0.29) is 11.1 Å². The Bertz CT molecular complexity index is 616. The molecule has 20 heavy (non-hydrogen) atoms. The third-order valence-corrected chi connectivity index (χ3v) is 3.23. The van der Waals surface area contributed by atoms with Gasteiger partial charge in [-0.15, -0.1) is 0 Å². The zero-order chi connectivity index (χ0) is 14.5. The fraction of sp³-hybridized carbons (Fsp3) is 0.235. The highest BCUT2D eigenvalue weighted by atomic mass is 19.1. The number of rotatable bonds is 4. The molecular weight excluding hydrogens is 256 g/mol. The number of unbranched alkanes of at least 4 members (excludes halogenated alkanes) is 1. The maximum absolute atomic E-state index is 13.9. The molecule has 0 radical (unpaired) electrons. The highest BCUT2D eigenvalue weighted by Crippen LogP contribution is 2.27. The summed E-state index contributed by atoms with van der Waals surface area (Å²) in [7, 11) is 0. The molecule has 0 saturated carbocycles. The van der Waals surface area contributed by atoms with Gasteiger partial charge in [0.2, 0.25) is 0 Å². The molecular formula is C17H15F2N. The first kappa shape index (κ1) is 14.2. The van der Waals surface area contributed by atoms with E-state index < -0.39 is 11.6 Å². The van der Waals surface area contributed by atoms with Gasteiger partial charge in [0.05, 0.1) is 17.2 Å². The van der Waals surface area contributed by atoms with Gasteiger partial charge < -0.3 is 0 Å². The Kier molecular flexibility index (Phi) is 4.47. The van der Waals surface area contributed by atoms with Gasteiger partial charge in [0.15, 0.2) is 0 Å². The standard InChI is InChI=1S/C17H15F2N/c1-2-3-4-12-5-7-14(8-6-12)17-15(18)9-13(11-20)10-16(17)19/h5-10H,2-4H2,1H3. The van der Waals surface area contributed by atoms with Crippen LogP contribution in [0.4, 0.5) is 8.78 Å². The zero-order valence-electron chi connectivity index (χ0n) is 11.3. The molecule has 0 saturated heterocycles. The molecule has 0 aliphatic carbocycles. The van der Waals surface area contributed by atoms with Crippen molar-refractivity contribution in [1.82, 2.24) is 0 Å². The largest absolute Gasteiger partial charge is 0.206 e. The van der Waals surface area contributed by atoms with Gasteiger partial charge >= 0.3 is 0 Å². The van der Waals surface area contributed by atoms with Crippen molar-refractivity contribution >= 4 is 0 Å². The molecule has 0 spiro atoms. The van der Waals surface area contributed by atoms with E-state index in [9.17, 15) is 8.78 Å². The van der Waals surface area contributed by atoms with Gasteiger partial charge in [-0.1, -0.05) is 37.6 Å². The van der Waals surface area contributed by atoms with Crippen LogP contribution in [-0.2, 0) is 6.42 Å². The molecule has 1 nitrogen and oxygen atoms in total. The summed E-state index contributed by atoms with van der Waals surface area (Å²) < 4.78 is 27.8. The third kappa shape index (κ3) is 3.03. The van der Waals surface area contributed by atoms with Crippen LogP contribution in [0.3, 0.4) is 0 Å². The molecule has 102 valence electrons. The van der Waals surface area contributed by atoms with Crippen LogP contribution in [0.15, 0.2) is 36.4 Å². The van der Waals surface area contributed by atoms with Gasteiger partial charge in [-0.05, 0) is 36.1 Å². The molecule has 2 aromatic rings. The first-order valence-corrected chi connectivity index (χ1v) is 6.64. The van der Waals surface area contributed by atoms with E-state index in [1.165, 1.54) is 0 Å². The summed E-state index contributed by atoms with van der Waals surface area (Å²) in [6.07, 6.45) is 3.18. The van der Waals surface area contributed by atoms with Crippen LogP contribution >= 0.6 is 0 Å². The van der Waals surface area contributed by atoms with Crippen LogP contribution < -0.4 is 0 Å². The average molecular weight is 271 g/mol. The topological polar surface area (TPSA) is 23.8 Å². The number of nitriles is 1. The first-order chi connectivity index (χ1) is 9.65. The summed E-state index contributed by atoms with van der Waals surface area (Å²) in [6.45, 7) is 2.12. The lowest BCUT2D eigenvalue weighted by Gasteiger charge is -2.07. The summed E-state index contributed by atoms with van der Waals surface area (Å²) in [6, 6.07) is 11.1. The van der Waals surface area contributed by atoms with Gasteiger partial charge in [-0.2, -0.15) is 5.26 Å². The second-order valence-electron chi connectivity index (χ2n) is 4.73. The number of nitrogens with zero attached hydrogens (tertiary/aromatic N) is 1. The number of hydrogen-bond acceptors (Lipinski definition) is 1. The highest BCUT2D eigenvalue weighted by Gasteiger charge is 2.13. The van der Waals surface area contributed by atoms with E-state index in [0.29, 0.717) is 5.56 Å². The summed E-state index contributed by atoms with van der Waals surface area (Å²) in [4.78, 5) is 0. The number of halogens is 2. The van der Waals surface area contributed by atoms with Crippen LogP contribution in [0.25, 0.3) is 11.1 Å². The van der Waals surface area contributed by atoms with E-state index in [2.05, 4.69) is 6.92 Å². The predicted octanol–water partition coefficient (Wildman–Crippen LogP) is 4.85. The van der Waals surface area contributed by atoms with Crippen molar-refractivity contribution < 1.29 is 8.78 Å². The molecule has 0 heterocycles. The number of aryl methyl sites for hydroxylation is 1. The highest BCUT2D eigenvalue weighted by molar-refractivity contribution is 5.66. The van der Waals surface area contributed by atoms with Crippen LogP contribution in [0.2, 0.25) is 0 Å². The molecule has 3 heteroatoms. The minimum Gasteiger partial charge on any atom is -0.206 e. The fourth-order valence-electron chi connectivity index (χ4n) is 2.13. The Morgan fingerprint density at radius 3 is 2.15 bits per heavy atom. The number of hydrogen-bond donors (Lipinski definition) is 0. The summed E-state index contributed by atoms with van der Waals surface area (Å²) in [5, 5.41) is 8.68. The SMILES string of the molecule is CCCCc1ccc(-c2c(F)cc(C#N)cc2F)cc1. The monoisotopic (exact) mass is 271 g/mol. The molecule has 0 atom stereocenters. The normalized spacial score (nSPS) is 10.3.